The first kappa shape index (κ1) is 13.8. The number of hydrogen-bond donors (Lipinski definition) is 1. The van der Waals surface area contributed by atoms with E-state index < -0.39 is 0 Å². The minimum Gasteiger partial charge on any atom is -0.489 e. The zero-order chi connectivity index (χ0) is 13.8. The molecule has 0 heterocycles. The summed E-state index contributed by atoms with van der Waals surface area (Å²) in [7, 11) is 0. The number of nitrogens with two attached hydrogens (primary N) is 1. The lowest BCUT2D eigenvalue weighted by molar-refractivity contribution is 0.301. The number of rotatable bonds is 4. The highest BCUT2D eigenvalue weighted by Gasteiger charge is 2.09. The highest BCUT2D eigenvalue weighted by Crippen LogP contribution is 2.25. The van der Waals surface area contributed by atoms with Crippen molar-refractivity contribution in [3.63, 3.8) is 0 Å². The van der Waals surface area contributed by atoms with Gasteiger partial charge in [0, 0.05) is 16.6 Å². The molecule has 2 nitrogen and oxygen atoms in total. The summed E-state index contributed by atoms with van der Waals surface area (Å²) in [5, 5.41) is 0.660. The Hall–Kier alpha value is -1.58. The van der Waals surface area contributed by atoms with E-state index in [9.17, 15) is 4.39 Å². The van der Waals surface area contributed by atoms with Crippen LogP contribution in [-0.2, 0) is 6.61 Å². The minimum absolute atomic E-state index is 0.287. The molecule has 100 valence electrons. The second kappa shape index (κ2) is 6.04. The predicted octanol–water partition coefficient (Wildman–Crippen LogP) is 4.08. The van der Waals surface area contributed by atoms with Crippen LogP contribution in [0, 0.1) is 5.82 Å². The van der Waals surface area contributed by atoms with Crippen molar-refractivity contribution in [2.45, 2.75) is 19.6 Å². The average molecular weight is 280 g/mol. The first-order chi connectivity index (χ1) is 9.06. The van der Waals surface area contributed by atoms with Crippen LogP contribution >= 0.6 is 11.6 Å². The summed E-state index contributed by atoms with van der Waals surface area (Å²) in [6, 6.07) is 11.5. The Kier molecular flexibility index (Phi) is 4.40. The van der Waals surface area contributed by atoms with Gasteiger partial charge in [0.1, 0.15) is 18.2 Å². The Morgan fingerprint density at radius 1 is 1.26 bits per heavy atom. The van der Waals surface area contributed by atoms with Gasteiger partial charge in [-0.15, -0.1) is 0 Å². The zero-order valence-corrected chi connectivity index (χ0v) is 11.3. The van der Waals surface area contributed by atoms with Gasteiger partial charge >= 0.3 is 0 Å². The molecule has 4 heteroatoms. The van der Waals surface area contributed by atoms with Crippen molar-refractivity contribution in [1.82, 2.24) is 0 Å². The Bertz CT molecular complexity index is 572. The first-order valence-electron chi connectivity index (χ1n) is 5.98. The molecular weight excluding hydrogens is 265 g/mol. The Morgan fingerprint density at radius 2 is 2.05 bits per heavy atom. The molecule has 0 saturated heterocycles. The molecular formula is C15H15ClFNO. The van der Waals surface area contributed by atoms with Crippen molar-refractivity contribution < 1.29 is 9.13 Å². The molecule has 0 radical (unpaired) electrons. The molecule has 0 aliphatic rings. The second-order valence-electron chi connectivity index (χ2n) is 4.39. The third-order valence-electron chi connectivity index (χ3n) is 2.75. The molecule has 0 bridgehead atoms. The van der Waals surface area contributed by atoms with Crippen LogP contribution in [-0.4, -0.2) is 0 Å². The van der Waals surface area contributed by atoms with Crippen LogP contribution in [0.15, 0.2) is 42.5 Å². The Morgan fingerprint density at radius 3 is 2.74 bits per heavy atom. The fourth-order valence-electron chi connectivity index (χ4n) is 1.79. The summed E-state index contributed by atoms with van der Waals surface area (Å²) in [6.07, 6.45) is 0. The molecule has 2 rings (SSSR count). The van der Waals surface area contributed by atoms with Crippen LogP contribution in [0.4, 0.5) is 4.39 Å². The van der Waals surface area contributed by atoms with Gasteiger partial charge in [-0.05, 0) is 42.8 Å². The molecule has 0 spiro atoms. The third-order valence-corrected chi connectivity index (χ3v) is 2.98. The van der Waals surface area contributed by atoms with E-state index in [0.29, 0.717) is 22.9 Å². The van der Waals surface area contributed by atoms with Crippen molar-refractivity contribution in [2.75, 3.05) is 0 Å². The van der Waals surface area contributed by atoms with Gasteiger partial charge in [-0.3, -0.25) is 0 Å². The smallest absolute Gasteiger partial charge is 0.124 e. The third kappa shape index (κ3) is 3.69. The Labute approximate surface area is 117 Å². The van der Waals surface area contributed by atoms with Crippen LogP contribution < -0.4 is 10.5 Å². The highest BCUT2D eigenvalue weighted by atomic mass is 35.5. The lowest BCUT2D eigenvalue weighted by Gasteiger charge is -2.14. The molecule has 2 aromatic rings. The number of hydrogen-bond acceptors (Lipinski definition) is 2. The van der Waals surface area contributed by atoms with Crippen LogP contribution in [0.25, 0.3) is 0 Å². The number of benzene rings is 2. The standard InChI is InChI=1S/C15H15ClFNO/c1-10(18)14-8-13(17)5-6-15(14)19-9-11-3-2-4-12(16)7-11/h2-8,10H,9,18H2,1H3/t10-/m0/s1. The molecule has 0 amide bonds. The van der Waals surface area contributed by atoms with Gasteiger partial charge in [-0.25, -0.2) is 4.39 Å². The lowest BCUT2D eigenvalue weighted by Crippen LogP contribution is -2.08. The summed E-state index contributed by atoms with van der Waals surface area (Å²) in [4.78, 5) is 0. The van der Waals surface area contributed by atoms with Crippen molar-refractivity contribution in [3.8, 4) is 5.75 Å². The van der Waals surface area contributed by atoms with Crippen molar-refractivity contribution >= 4 is 11.6 Å². The number of ether oxygens (including phenoxy) is 1. The van der Waals surface area contributed by atoms with Crippen LogP contribution in [0.2, 0.25) is 5.02 Å². The average Bonchev–Trinajstić information content (AvgIpc) is 2.37. The van der Waals surface area contributed by atoms with Gasteiger partial charge in [0.15, 0.2) is 0 Å². The molecule has 0 aliphatic carbocycles. The fraction of sp³-hybridized carbons (Fsp3) is 0.200. The van der Waals surface area contributed by atoms with Gasteiger partial charge in [0.25, 0.3) is 0 Å². The molecule has 2 aromatic carbocycles. The molecule has 1 atom stereocenters. The van der Waals surface area contributed by atoms with Crippen LogP contribution in [0.3, 0.4) is 0 Å². The summed E-state index contributed by atoms with van der Waals surface area (Å²) < 4.78 is 18.9. The maximum atomic E-state index is 13.2. The molecule has 0 unspecified atom stereocenters. The summed E-state index contributed by atoms with van der Waals surface area (Å²) in [5.74, 6) is 0.277. The first-order valence-corrected chi connectivity index (χ1v) is 6.36. The van der Waals surface area contributed by atoms with Gasteiger partial charge < -0.3 is 10.5 Å². The molecule has 2 N–H and O–H groups in total. The van der Waals surface area contributed by atoms with E-state index >= 15 is 0 Å². The van der Waals surface area contributed by atoms with E-state index in [1.807, 2.05) is 18.2 Å². The monoisotopic (exact) mass is 279 g/mol. The molecule has 0 saturated carbocycles. The maximum Gasteiger partial charge on any atom is 0.124 e. The molecule has 19 heavy (non-hydrogen) atoms. The van der Waals surface area contributed by atoms with Crippen molar-refractivity contribution in [2.24, 2.45) is 5.73 Å². The summed E-state index contributed by atoms with van der Waals surface area (Å²) >= 11 is 5.90. The molecule has 0 aliphatic heterocycles. The summed E-state index contributed by atoms with van der Waals surface area (Å²) in [5.41, 5.74) is 7.41. The maximum absolute atomic E-state index is 13.2. The van der Waals surface area contributed by atoms with Crippen molar-refractivity contribution in [1.29, 1.82) is 0 Å². The van der Waals surface area contributed by atoms with Crippen molar-refractivity contribution in [3.05, 3.63) is 64.4 Å². The topological polar surface area (TPSA) is 35.2 Å². The van der Waals surface area contributed by atoms with Gasteiger partial charge in [0.2, 0.25) is 0 Å². The van der Waals surface area contributed by atoms with Crippen LogP contribution in [0.5, 0.6) is 5.75 Å². The second-order valence-corrected chi connectivity index (χ2v) is 4.83. The van der Waals surface area contributed by atoms with E-state index in [-0.39, 0.29) is 11.9 Å². The zero-order valence-electron chi connectivity index (χ0n) is 10.6. The quantitative estimate of drug-likeness (QED) is 0.915. The van der Waals surface area contributed by atoms with Gasteiger partial charge in [-0.2, -0.15) is 0 Å². The van der Waals surface area contributed by atoms with E-state index in [1.165, 1.54) is 12.1 Å². The largest absolute Gasteiger partial charge is 0.489 e. The highest BCUT2D eigenvalue weighted by molar-refractivity contribution is 6.30. The van der Waals surface area contributed by atoms with Crippen LogP contribution in [0.1, 0.15) is 24.1 Å². The van der Waals surface area contributed by atoms with E-state index in [0.717, 1.165) is 5.56 Å². The lowest BCUT2D eigenvalue weighted by atomic mass is 10.1. The van der Waals surface area contributed by atoms with Gasteiger partial charge in [-0.1, -0.05) is 23.7 Å². The summed E-state index contributed by atoms with van der Waals surface area (Å²) in [6.45, 7) is 2.16. The predicted molar refractivity (Wildman–Crippen MR) is 74.8 cm³/mol. The fourth-order valence-corrected chi connectivity index (χ4v) is 2.01. The Balaban J connectivity index is 2.15. The normalized spacial score (nSPS) is 12.2. The van der Waals surface area contributed by atoms with Gasteiger partial charge in [0.05, 0.1) is 0 Å². The molecule has 0 aromatic heterocycles. The van der Waals surface area contributed by atoms with E-state index in [2.05, 4.69) is 0 Å². The molecule has 0 fully saturated rings. The van der Waals surface area contributed by atoms with E-state index in [1.54, 1.807) is 19.1 Å². The number of halogens is 2. The minimum atomic E-state index is -0.317. The SMILES string of the molecule is C[C@H](N)c1cc(F)ccc1OCc1cccc(Cl)c1. The van der Waals surface area contributed by atoms with E-state index in [4.69, 9.17) is 22.1 Å².